The molecule has 0 atom stereocenters. The second-order valence-corrected chi connectivity index (χ2v) is 4.26. The van der Waals surface area contributed by atoms with Crippen molar-refractivity contribution in [3.05, 3.63) is 34.4 Å². The quantitative estimate of drug-likeness (QED) is 0.842. The zero-order valence-corrected chi connectivity index (χ0v) is 10.8. The van der Waals surface area contributed by atoms with E-state index >= 15 is 0 Å². The van der Waals surface area contributed by atoms with E-state index in [0.29, 0.717) is 11.3 Å². The summed E-state index contributed by atoms with van der Waals surface area (Å²) in [6.07, 6.45) is 3.72. The second-order valence-electron chi connectivity index (χ2n) is 3.88. The van der Waals surface area contributed by atoms with Crippen LogP contribution in [-0.2, 0) is 13.0 Å². The lowest BCUT2D eigenvalue weighted by Crippen LogP contribution is -2.07. The molecular weight excluding hydrogens is 234 g/mol. The van der Waals surface area contributed by atoms with E-state index in [-0.39, 0.29) is 0 Å². The summed E-state index contributed by atoms with van der Waals surface area (Å²) in [5.74, 6) is 1.75. The Morgan fingerprint density at radius 3 is 3.00 bits per heavy atom. The molecule has 0 aliphatic carbocycles. The summed E-state index contributed by atoms with van der Waals surface area (Å²) in [6.45, 7) is 4.65. The van der Waals surface area contributed by atoms with Gasteiger partial charge in [-0.3, -0.25) is 9.67 Å². The first-order chi connectivity index (χ1) is 8.20. The predicted octanol–water partition coefficient (Wildman–Crippen LogP) is 2.04. The van der Waals surface area contributed by atoms with Crippen LogP contribution in [0, 0.1) is 11.7 Å². The lowest BCUT2D eigenvalue weighted by Gasteiger charge is -2.05. The van der Waals surface area contributed by atoms with Crippen LogP contribution in [0.25, 0.3) is 0 Å². The molecule has 0 unspecified atom stereocenters. The van der Waals surface area contributed by atoms with E-state index in [1.165, 1.54) is 0 Å². The molecule has 5 nitrogen and oxygen atoms in total. The number of H-pyrrole nitrogens is 1. The Hall–Kier alpha value is -1.56. The van der Waals surface area contributed by atoms with Gasteiger partial charge in [0.2, 0.25) is 0 Å². The Kier molecular flexibility index (Phi) is 3.63. The third kappa shape index (κ3) is 2.76. The van der Waals surface area contributed by atoms with Crippen LogP contribution in [-0.4, -0.2) is 24.7 Å². The molecule has 0 bridgehead atoms. The number of hydrogen-bond donors (Lipinski definition) is 1. The van der Waals surface area contributed by atoms with Crippen LogP contribution in [0.4, 0.5) is 0 Å². The van der Waals surface area contributed by atoms with Gasteiger partial charge in [0.15, 0.2) is 4.77 Å². The Bertz CT molecular complexity index is 557. The van der Waals surface area contributed by atoms with Crippen molar-refractivity contribution >= 4 is 12.2 Å². The Labute approximate surface area is 105 Å². The Morgan fingerprint density at radius 1 is 1.47 bits per heavy atom. The van der Waals surface area contributed by atoms with Crippen LogP contribution in [0.15, 0.2) is 12.3 Å². The van der Waals surface area contributed by atoms with Gasteiger partial charge in [-0.1, -0.05) is 6.92 Å². The molecule has 2 aromatic heterocycles. The van der Waals surface area contributed by atoms with Crippen molar-refractivity contribution in [3.63, 3.8) is 0 Å². The largest absolute Gasteiger partial charge is 0.298 e. The van der Waals surface area contributed by atoms with Crippen molar-refractivity contribution in [3.8, 4) is 0 Å². The van der Waals surface area contributed by atoms with Crippen molar-refractivity contribution < 1.29 is 0 Å². The Balaban J connectivity index is 2.29. The van der Waals surface area contributed by atoms with Crippen LogP contribution in [0.3, 0.4) is 0 Å². The molecule has 0 aliphatic heterocycles. The van der Waals surface area contributed by atoms with Gasteiger partial charge in [-0.25, -0.2) is 9.97 Å². The first-order valence-corrected chi connectivity index (χ1v) is 6.04. The number of hydrogen-bond acceptors (Lipinski definition) is 4. The number of nitrogens with one attached hydrogen (secondary N) is 1. The van der Waals surface area contributed by atoms with Crippen molar-refractivity contribution in [2.45, 2.75) is 33.2 Å². The topological polar surface area (TPSA) is 59.4 Å². The number of rotatable bonds is 4. The lowest BCUT2D eigenvalue weighted by atomic mass is 10.3. The van der Waals surface area contributed by atoms with Crippen LogP contribution >= 0.6 is 12.2 Å². The van der Waals surface area contributed by atoms with Crippen molar-refractivity contribution in [1.29, 1.82) is 0 Å². The maximum atomic E-state index is 5.22. The normalized spacial score (nSPS) is 10.7. The maximum absolute atomic E-state index is 5.22. The highest BCUT2D eigenvalue weighted by atomic mass is 32.1. The van der Waals surface area contributed by atoms with Gasteiger partial charge in [-0.05, 0) is 31.6 Å². The van der Waals surface area contributed by atoms with Crippen LogP contribution in [0.1, 0.15) is 30.7 Å². The summed E-state index contributed by atoms with van der Waals surface area (Å²) in [4.78, 5) is 8.45. The van der Waals surface area contributed by atoms with E-state index in [9.17, 15) is 0 Å². The fourth-order valence-electron chi connectivity index (χ4n) is 1.68. The molecule has 6 heteroatoms. The van der Waals surface area contributed by atoms with E-state index in [1.54, 1.807) is 6.20 Å². The fourth-order valence-corrected chi connectivity index (χ4v) is 1.90. The zero-order chi connectivity index (χ0) is 12.3. The molecule has 2 aromatic rings. The van der Waals surface area contributed by atoms with Crippen molar-refractivity contribution in [2.75, 3.05) is 0 Å². The number of nitrogens with zero attached hydrogens (tertiary/aromatic N) is 4. The first-order valence-electron chi connectivity index (χ1n) is 5.63. The highest BCUT2D eigenvalue weighted by Crippen LogP contribution is 2.05. The fraction of sp³-hybridized carbons (Fsp3) is 0.455. The molecule has 0 fully saturated rings. The molecule has 0 saturated carbocycles. The maximum Gasteiger partial charge on any atom is 0.195 e. The van der Waals surface area contributed by atoms with Gasteiger partial charge in [-0.2, -0.15) is 5.10 Å². The Morgan fingerprint density at radius 2 is 2.29 bits per heavy atom. The van der Waals surface area contributed by atoms with Gasteiger partial charge < -0.3 is 0 Å². The molecule has 0 radical (unpaired) electrons. The minimum absolute atomic E-state index is 0.643. The molecule has 0 saturated heterocycles. The molecule has 2 heterocycles. The number of aromatic amines is 1. The predicted molar refractivity (Wildman–Crippen MR) is 67.3 cm³/mol. The van der Waals surface area contributed by atoms with E-state index in [2.05, 4.69) is 27.1 Å². The SMILES string of the molecule is CCCc1n[nH]c(=S)n1Cc1ccnc(C)n1. The molecule has 17 heavy (non-hydrogen) atoms. The molecule has 2 rings (SSSR count). The summed E-state index contributed by atoms with van der Waals surface area (Å²) < 4.78 is 2.63. The molecule has 90 valence electrons. The molecule has 1 N–H and O–H groups in total. The van der Waals surface area contributed by atoms with Crippen molar-refractivity contribution in [2.24, 2.45) is 0 Å². The highest BCUT2D eigenvalue weighted by molar-refractivity contribution is 7.71. The average Bonchev–Trinajstić information content (AvgIpc) is 2.62. The van der Waals surface area contributed by atoms with Gasteiger partial charge in [-0.15, -0.1) is 0 Å². The van der Waals surface area contributed by atoms with E-state index < -0.39 is 0 Å². The van der Waals surface area contributed by atoms with Gasteiger partial charge in [0.1, 0.15) is 11.6 Å². The minimum Gasteiger partial charge on any atom is -0.298 e. The minimum atomic E-state index is 0.643. The van der Waals surface area contributed by atoms with E-state index in [1.807, 2.05) is 17.6 Å². The summed E-state index contributed by atoms with van der Waals surface area (Å²) in [7, 11) is 0. The molecule has 0 aromatic carbocycles. The van der Waals surface area contributed by atoms with Gasteiger partial charge >= 0.3 is 0 Å². The van der Waals surface area contributed by atoms with Gasteiger partial charge in [0.05, 0.1) is 12.2 Å². The van der Waals surface area contributed by atoms with E-state index in [0.717, 1.165) is 30.2 Å². The van der Waals surface area contributed by atoms with Crippen molar-refractivity contribution in [1.82, 2.24) is 24.7 Å². The van der Waals surface area contributed by atoms with Gasteiger partial charge in [0.25, 0.3) is 0 Å². The smallest absolute Gasteiger partial charge is 0.195 e. The summed E-state index contributed by atoms with van der Waals surface area (Å²) in [6, 6.07) is 1.90. The first kappa shape index (κ1) is 11.9. The number of aryl methyl sites for hydroxylation is 2. The van der Waals surface area contributed by atoms with Crippen LogP contribution < -0.4 is 0 Å². The second kappa shape index (κ2) is 5.18. The summed E-state index contributed by atoms with van der Waals surface area (Å²) >= 11 is 5.22. The van der Waals surface area contributed by atoms with E-state index in [4.69, 9.17) is 12.2 Å². The number of aromatic nitrogens is 5. The summed E-state index contributed by atoms with van der Waals surface area (Å²) in [5, 5.41) is 7.06. The van der Waals surface area contributed by atoms with Gasteiger partial charge in [0, 0.05) is 12.6 Å². The van der Waals surface area contributed by atoms with Crippen LogP contribution in [0.5, 0.6) is 0 Å². The lowest BCUT2D eigenvalue weighted by molar-refractivity contribution is 0.683. The monoisotopic (exact) mass is 249 g/mol. The standard InChI is InChI=1S/C11H15N5S/c1-3-4-10-14-15-11(17)16(10)7-9-5-6-12-8(2)13-9/h5-6H,3-4,7H2,1-2H3,(H,15,17). The highest BCUT2D eigenvalue weighted by Gasteiger charge is 2.06. The molecule has 0 aliphatic rings. The summed E-state index contributed by atoms with van der Waals surface area (Å²) in [5.41, 5.74) is 0.951. The van der Waals surface area contributed by atoms with Crippen LogP contribution in [0.2, 0.25) is 0 Å². The molecular formula is C11H15N5S. The third-order valence-electron chi connectivity index (χ3n) is 2.46. The molecule has 0 spiro atoms. The zero-order valence-electron chi connectivity index (χ0n) is 9.97. The average molecular weight is 249 g/mol. The molecule has 0 amide bonds. The third-order valence-corrected chi connectivity index (χ3v) is 2.78.